The molecule has 0 aliphatic rings. The maximum absolute atomic E-state index is 14.0. The summed E-state index contributed by atoms with van der Waals surface area (Å²) >= 11 is 0. The average Bonchev–Trinajstić information content (AvgIpc) is 2.88. The highest BCUT2D eigenvalue weighted by atomic mass is 32.2. The van der Waals surface area contributed by atoms with Crippen LogP contribution in [0.1, 0.15) is 37.0 Å². The van der Waals surface area contributed by atoms with Gasteiger partial charge >= 0.3 is 0 Å². The lowest BCUT2D eigenvalue weighted by Gasteiger charge is -2.33. The Hall–Kier alpha value is -3.65. The Morgan fingerprint density at radius 3 is 2.19 bits per heavy atom. The summed E-state index contributed by atoms with van der Waals surface area (Å²) in [6, 6.07) is 22.1. The van der Waals surface area contributed by atoms with Crippen LogP contribution >= 0.6 is 0 Å². The molecule has 196 valence electrons. The number of hydrogen-bond acceptors (Lipinski definition) is 4. The Bertz CT molecular complexity index is 1330. The second-order valence-corrected chi connectivity index (χ2v) is 10.8. The molecule has 7 nitrogen and oxygen atoms in total. The number of nitrogens with one attached hydrogen (secondary N) is 1. The first kappa shape index (κ1) is 27.9. The van der Waals surface area contributed by atoms with Crippen molar-refractivity contribution in [3.63, 3.8) is 0 Å². The van der Waals surface area contributed by atoms with E-state index in [1.807, 2.05) is 51.1 Å². The molecule has 3 rings (SSSR count). The van der Waals surface area contributed by atoms with E-state index in [4.69, 9.17) is 0 Å². The van der Waals surface area contributed by atoms with E-state index in [2.05, 4.69) is 5.32 Å². The van der Waals surface area contributed by atoms with Gasteiger partial charge in [-0.05, 0) is 56.5 Å². The van der Waals surface area contributed by atoms with E-state index in [0.717, 1.165) is 21.0 Å². The number of amides is 2. The summed E-state index contributed by atoms with van der Waals surface area (Å²) in [5.74, 6) is -0.721. The lowest BCUT2D eigenvalue weighted by molar-refractivity contribution is -0.140. The summed E-state index contributed by atoms with van der Waals surface area (Å²) in [7, 11) is -4.06. The van der Waals surface area contributed by atoms with E-state index >= 15 is 0 Å². The lowest BCUT2D eigenvalue weighted by Crippen LogP contribution is -2.52. The third kappa shape index (κ3) is 6.77. The number of hydrogen-bond donors (Lipinski definition) is 1. The lowest BCUT2D eigenvalue weighted by atomic mass is 10.1. The molecule has 8 heteroatoms. The minimum absolute atomic E-state index is 0.0899. The first-order valence-electron chi connectivity index (χ1n) is 12.4. The van der Waals surface area contributed by atoms with Crippen LogP contribution in [0.3, 0.4) is 0 Å². The summed E-state index contributed by atoms with van der Waals surface area (Å²) in [6.07, 6.45) is 0.388. The van der Waals surface area contributed by atoms with Crippen LogP contribution in [0.4, 0.5) is 5.69 Å². The Morgan fingerprint density at radius 1 is 0.892 bits per heavy atom. The SMILES string of the molecule is CCNC(=O)[C@H](CC)N(Cc1cccc(C)c1)C(=O)CN(c1ccccc1C)S(=O)(=O)c1ccccc1. The van der Waals surface area contributed by atoms with Crippen molar-refractivity contribution in [2.45, 2.75) is 51.6 Å². The number of likely N-dealkylation sites (N-methyl/N-ethyl adjacent to an activating group) is 1. The molecular formula is C29H35N3O4S. The topological polar surface area (TPSA) is 86.8 Å². The predicted molar refractivity (Wildman–Crippen MR) is 147 cm³/mol. The van der Waals surface area contributed by atoms with Crippen molar-refractivity contribution >= 4 is 27.5 Å². The first-order valence-corrected chi connectivity index (χ1v) is 13.9. The smallest absolute Gasteiger partial charge is 0.264 e. The van der Waals surface area contributed by atoms with Crippen LogP contribution in [0.15, 0.2) is 83.8 Å². The van der Waals surface area contributed by atoms with Crippen LogP contribution in [-0.4, -0.2) is 44.3 Å². The zero-order valence-electron chi connectivity index (χ0n) is 21.8. The van der Waals surface area contributed by atoms with Gasteiger partial charge in [-0.2, -0.15) is 0 Å². The number of anilines is 1. The third-order valence-corrected chi connectivity index (χ3v) is 7.94. The van der Waals surface area contributed by atoms with Gasteiger partial charge in [-0.15, -0.1) is 0 Å². The van der Waals surface area contributed by atoms with Crippen molar-refractivity contribution in [2.75, 3.05) is 17.4 Å². The van der Waals surface area contributed by atoms with E-state index in [-0.39, 0.29) is 17.3 Å². The quantitative estimate of drug-likeness (QED) is 0.404. The molecule has 2 amide bonds. The van der Waals surface area contributed by atoms with Crippen LogP contribution < -0.4 is 9.62 Å². The standard InChI is InChI=1S/C29H35N3O4S/c1-5-26(29(34)30-6-2)31(20-24-15-12-13-22(3)19-24)28(33)21-32(27-18-11-10-14-23(27)4)37(35,36)25-16-8-7-9-17-25/h7-19,26H,5-6,20-21H2,1-4H3,(H,30,34)/t26-/m0/s1. The summed E-state index contributed by atoms with van der Waals surface area (Å²) in [4.78, 5) is 28.5. The monoisotopic (exact) mass is 521 g/mol. The molecule has 0 aromatic heterocycles. The van der Waals surface area contributed by atoms with Gasteiger partial charge in [0.2, 0.25) is 11.8 Å². The Morgan fingerprint density at radius 2 is 1.57 bits per heavy atom. The highest BCUT2D eigenvalue weighted by Gasteiger charge is 2.33. The molecule has 0 unspecified atom stereocenters. The number of nitrogens with zero attached hydrogens (tertiary/aromatic N) is 2. The molecule has 0 heterocycles. The summed E-state index contributed by atoms with van der Waals surface area (Å²) in [6.45, 7) is 7.61. The van der Waals surface area contributed by atoms with Gasteiger partial charge in [0.05, 0.1) is 10.6 Å². The maximum Gasteiger partial charge on any atom is 0.264 e. The largest absolute Gasteiger partial charge is 0.355 e. The zero-order chi connectivity index (χ0) is 27.0. The van der Waals surface area contributed by atoms with Crippen molar-refractivity contribution < 1.29 is 18.0 Å². The Labute approximate surface area is 220 Å². The summed E-state index contributed by atoms with van der Waals surface area (Å²) < 4.78 is 28.7. The van der Waals surface area contributed by atoms with E-state index in [0.29, 0.717) is 18.7 Å². The fourth-order valence-corrected chi connectivity index (χ4v) is 5.79. The fourth-order valence-electron chi connectivity index (χ4n) is 4.29. The summed E-state index contributed by atoms with van der Waals surface area (Å²) in [5.41, 5.74) is 3.03. The molecule has 0 saturated heterocycles. The molecule has 3 aromatic rings. The van der Waals surface area contributed by atoms with Crippen LogP contribution in [0.2, 0.25) is 0 Å². The molecule has 3 aromatic carbocycles. The molecule has 1 N–H and O–H groups in total. The van der Waals surface area contributed by atoms with Crippen LogP contribution in [0, 0.1) is 13.8 Å². The second kappa shape index (κ2) is 12.5. The van der Waals surface area contributed by atoms with Crippen molar-refractivity contribution in [3.8, 4) is 0 Å². The fraction of sp³-hybridized carbons (Fsp3) is 0.310. The minimum atomic E-state index is -4.06. The van der Waals surface area contributed by atoms with Crippen LogP contribution in [-0.2, 0) is 26.2 Å². The van der Waals surface area contributed by atoms with Crippen LogP contribution in [0.5, 0.6) is 0 Å². The van der Waals surface area contributed by atoms with Gasteiger partial charge in [-0.3, -0.25) is 13.9 Å². The minimum Gasteiger partial charge on any atom is -0.355 e. The average molecular weight is 522 g/mol. The van der Waals surface area contributed by atoms with Crippen molar-refractivity contribution in [2.24, 2.45) is 0 Å². The third-order valence-electron chi connectivity index (χ3n) is 6.17. The van der Waals surface area contributed by atoms with Crippen molar-refractivity contribution in [1.82, 2.24) is 10.2 Å². The van der Waals surface area contributed by atoms with Crippen LogP contribution in [0.25, 0.3) is 0 Å². The molecule has 0 fully saturated rings. The van der Waals surface area contributed by atoms with Gasteiger partial charge in [-0.25, -0.2) is 8.42 Å². The number of benzene rings is 3. The van der Waals surface area contributed by atoms with E-state index < -0.39 is 28.5 Å². The molecule has 37 heavy (non-hydrogen) atoms. The highest BCUT2D eigenvalue weighted by Crippen LogP contribution is 2.27. The molecule has 0 aliphatic carbocycles. The number of rotatable bonds is 11. The van der Waals surface area contributed by atoms with E-state index in [9.17, 15) is 18.0 Å². The van der Waals surface area contributed by atoms with Gasteiger partial charge in [0.25, 0.3) is 10.0 Å². The van der Waals surface area contributed by atoms with Gasteiger partial charge < -0.3 is 10.2 Å². The zero-order valence-corrected chi connectivity index (χ0v) is 22.7. The van der Waals surface area contributed by atoms with E-state index in [1.165, 1.54) is 17.0 Å². The molecule has 1 atom stereocenters. The molecular weight excluding hydrogens is 486 g/mol. The first-order chi connectivity index (χ1) is 17.7. The predicted octanol–water partition coefficient (Wildman–Crippen LogP) is 4.44. The molecule has 0 saturated carbocycles. The number of sulfonamides is 1. The maximum atomic E-state index is 14.0. The van der Waals surface area contributed by atoms with Gasteiger partial charge in [-0.1, -0.05) is 73.2 Å². The van der Waals surface area contributed by atoms with Gasteiger partial charge in [0, 0.05) is 13.1 Å². The van der Waals surface area contributed by atoms with E-state index in [1.54, 1.807) is 43.3 Å². The summed E-state index contributed by atoms with van der Waals surface area (Å²) in [5, 5.41) is 2.81. The number of aryl methyl sites for hydroxylation is 2. The Balaban J connectivity index is 2.06. The molecule has 0 radical (unpaired) electrons. The molecule has 0 spiro atoms. The van der Waals surface area contributed by atoms with Crippen molar-refractivity contribution in [1.29, 1.82) is 0 Å². The number of carbonyl (C=O) groups excluding carboxylic acids is 2. The van der Waals surface area contributed by atoms with Gasteiger partial charge in [0.15, 0.2) is 0 Å². The Kier molecular flexibility index (Phi) is 9.47. The van der Waals surface area contributed by atoms with Crippen molar-refractivity contribution in [3.05, 3.63) is 95.6 Å². The number of para-hydroxylation sites is 1. The van der Waals surface area contributed by atoms with Gasteiger partial charge in [0.1, 0.15) is 12.6 Å². The molecule has 0 bridgehead atoms. The second-order valence-electron chi connectivity index (χ2n) is 8.94. The number of carbonyl (C=O) groups is 2. The highest BCUT2D eigenvalue weighted by molar-refractivity contribution is 7.92. The normalized spacial score (nSPS) is 12.0. The molecule has 0 aliphatic heterocycles.